The number of rotatable bonds is 6. The first-order chi connectivity index (χ1) is 16.5. The highest BCUT2D eigenvalue weighted by molar-refractivity contribution is 6.31. The monoisotopic (exact) mass is 478 g/mol. The van der Waals surface area contributed by atoms with E-state index in [0.717, 1.165) is 22.9 Å². The lowest BCUT2D eigenvalue weighted by Crippen LogP contribution is -2.43. The number of piperidine rings is 1. The van der Waals surface area contributed by atoms with E-state index < -0.39 is 0 Å². The average Bonchev–Trinajstić information content (AvgIpc) is 3.25. The lowest BCUT2D eigenvalue weighted by Gasteiger charge is -2.32. The van der Waals surface area contributed by atoms with Crippen molar-refractivity contribution in [3.8, 4) is 0 Å². The molecule has 0 unspecified atom stereocenters. The highest BCUT2D eigenvalue weighted by Crippen LogP contribution is 2.24. The van der Waals surface area contributed by atoms with Crippen molar-refractivity contribution in [3.05, 3.63) is 63.7 Å². The van der Waals surface area contributed by atoms with Gasteiger partial charge in [0, 0.05) is 60.4 Å². The number of carbonyl (C=O) groups is 1. The summed E-state index contributed by atoms with van der Waals surface area (Å²) in [4.78, 5) is 40.0. The molecule has 2 N–H and O–H groups in total. The molecule has 0 aliphatic carbocycles. The van der Waals surface area contributed by atoms with Gasteiger partial charge in [0.15, 0.2) is 11.5 Å². The van der Waals surface area contributed by atoms with Crippen LogP contribution in [-0.2, 0) is 17.8 Å². The molecule has 1 fully saturated rings. The summed E-state index contributed by atoms with van der Waals surface area (Å²) < 4.78 is 1.66. The van der Waals surface area contributed by atoms with Crippen LogP contribution in [0.1, 0.15) is 25.3 Å². The zero-order valence-electron chi connectivity index (χ0n) is 19.1. The Hall–Kier alpha value is -3.39. The van der Waals surface area contributed by atoms with Crippen LogP contribution in [0.2, 0.25) is 5.02 Å². The fraction of sp³-hybridized carbons (Fsp3) is 0.360. The molecule has 0 saturated carbocycles. The molecule has 0 bridgehead atoms. The summed E-state index contributed by atoms with van der Waals surface area (Å²) in [6.45, 7) is 4.27. The minimum absolute atomic E-state index is 0.0656. The van der Waals surface area contributed by atoms with Crippen molar-refractivity contribution < 1.29 is 4.79 Å². The molecule has 3 aromatic heterocycles. The summed E-state index contributed by atoms with van der Waals surface area (Å²) in [7, 11) is 0. The Morgan fingerprint density at radius 1 is 1.26 bits per heavy atom. The molecule has 1 saturated heterocycles. The van der Waals surface area contributed by atoms with Crippen molar-refractivity contribution in [2.75, 3.05) is 24.5 Å². The third-order valence-corrected chi connectivity index (χ3v) is 6.82. The van der Waals surface area contributed by atoms with Crippen molar-refractivity contribution in [2.24, 2.45) is 5.92 Å². The second-order valence-corrected chi connectivity index (χ2v) is 9.07. The Labute approximate surface area is 202 Å². The molecule has 1 amide bonds. The summed E-state index contributed by atoms with van der Waals surface area (Å²) in [6.07, 6.45) is 5.75. The van der Waals surface area contributed by atoms with Crippen LogP contribution in [0, 0.1) is 5.92 Å². The molecular formula is C25H27ClN6O2. The van der Waals surface area contributed by atoms with Crippen molar-refractivity contribution in [1.29, 1.82) is 0 Å². The third kappa shape index (κ3) is 4.25. The minimum Gasteiger partial charge on any atom is -0.361 e. The van der Waals surface area contributed by atoms with Gasteiger partial charge in [-0.15, -0.1) is 0 Å². The van der Waals surface area contributed by atoms with Crippen LogP contribution < -0.4 is 15.8 Å². The normalized spacial score (nSPS) is 14.7. The summed E-state index contributed by atoms with van der Waals surface area (Å²) in [5, 5.41) is 4.87. The van der Waals surface area contributed by atoms with Crippen LogP contribution >= 0.6 is 11.6 Å². The molecule has 8 nitrogen and oxygen atoms in total. The van der Waals surface area contributed by atoms with Crippen LogP contribution in [0.3, 0.4) is 0 Å². The highest BCUT2D eigenvalue weighted by atomic mass is 35.5. The maximum atomic E-state index is 13.0. The number of pyridine rings is 1. The van der Waals surface area contributed by atoms with Gasteiger partial charge in [-0.05, 0) is 62.1 Å². The summed E-state index contributed by atoms with van der Waals surface area (Å²) in [6, 6.07) is 9.47. The first kappa shape index (κ1) is 22.4. The summed E-state index contributed by atoms with van der Waals surface area (Å²) >= 11 is 6.13. The predicted molar refractivity (Wildman–Crippen MR) is 134 cm³/mol. The number of carbonyl (C=O) groups excluding carboxylic acids is 1. The fourth-order valence-corrected chi connectivity index (χ4v) is 4.91. The van der Waals surface area contributed by atoms with E-state index in [1.165, 1.54) is 0 Å². The molecule has 1 aliphatic heterocycles. The van der Waals surface area contributed by atoms with Crippen molar-refractivity contribution >= 4 is 45.4 Å². The average molecular weight is 479 g/mol. The molecule has 5 rings (SSSR count). The van der Waals surface area contributed by atoms with E-state index in [9.17, 15) is 9.59 Å². The molecule has 4 heterocycles. The Morgan fingerprint density at radius 3 is 2.88 bits per heavy atom. The molecular weight excluding hydrogens is 452 g/mol. The van der Waals surface area contributed by atoms with E-state index in [0.29, 0.717) is 61.0 Å². The lowest BCUT2D eigenvalue weighted by molar-refractivity contribution is -0.125. The van der Waals surface area contributed by atoms with Crippen LogP contribution in [-0.4, -0.2) is 45.1 Å². The number of hydrogen-bond donors (Lipinski definition) is 2. The largest absolute Gasteiger partial charge is 0.361 e. The molecule has 1 aliphatic rings. The van der Waals surface area contributed by atoms with Gasteiger partial charge in [0.1, 0.15) is 5.52 Å². The van der Waals surface area contributed by atoms with Crippen molar-refractivity contribution in [3.63, 3.8) is 0 Å². The molecule has 0 atom stereocenters. The van der Waals surface area contributed by atoms with E-state index in [1.807, 2.05) is 48.4 Å². The molecule has 4 aromatic rings. The second-order valence-electron chi connectivity index (χ2n) is 8.64. The number of hydrogen-bond acceptors (Lipinski definition) is 5. The number of fused-ring (bicyclic) bond motifs is 2. The number of aromatic amines is 1. The smallest absolute Gasteiger partial charge is 0.295 e. The number of H-pyrrole nitrogens is 1. The number of amides is 1. The number of anilines is 1. The number of aryl methyl sites for hydroxylation is 1. The number of benzene rings is 1. The van der Waals surface area contributed by atoms with E-state index in [-0.39, 0.29) is 17.4 Å². The molecule has 1 aromatic carbocycles. The predicted octanol–water partition coefficient (Wildman–Crippen LogP) is 3.52. The SMILES string of the molecule is CCn1c(=O)c(N2CCC(C(=O)NCCc3c[nH]c4ccc(Cl)cc34)CC2)nc2cccnc21. The minimum atomic E-state index is -0.129. The van der Waals surface area contributed by atoms with E-state index >= 15 is 0 Å². The standard InChI is InChI=1S/C25H27ClN6O2/c1-2-32-22-21(4-3-10-27-22)30-23(25(32)34)31-12-8-16(9-13-31)24(33)28-11-7-17-15-29-20-6-5-18(26)14-19(17)20/h3-6,10,14-16,29H,2,7-9,11-13H2,1H3,(H,28,33). The molecule has 0 radical (unpaired) electrons. The zero-order valence-corrected chi connectivity index (χ0v) is 19.8. The molecule has 176 valence electrons. The van der Waals surface area contributed by atoms with Gasteiger partial charge in [-0.2, -0.15) is 0 Å². The van der Waals surface area contributed by atoms with Gasteiger partial charge in [-0.25, -0.2) is 9.97 Å². The first-order valence-corrected chi connectivity index (χ1v) is 12.1. The maximum Gasteiger partial charge on any atom is 0.295 e. The number of nitrogens with zero attached hydrogens (tertiary/aromatic N) is 4. The molecule has 34 heavy (non-hydrogen) atoms. The number of halogens is 1. The first-order valence-electron chi connectivity index (χ1n) is 11.7. The second kappa shape index (κ2) is 9.46. The zero-order chi connectivity index (χ0) is 23.7. The van der Waals surface area contributed by atoms with E-state index in [2.05, 4.69) is 20.3 Å². The van der Waals surface area contributed by atoms with Crippen molar-refractivity contribution in [1.82, 2.24) is 24.8 Å². The Kier molecular flexibility index (Phi) is 6.24. The highest BCUT2D eigenvalue weighted by Gasteiger charge is 2.27. The van der Waals surface area contributed by atoms with Gasteiger partial charge in [-0.1, -0.05) is 11.6 Å². The maximum absolute atomic E-state index is 13.0. The van der Waals surface area contributed by atoms with Crippen LogP contribution in [0.15, 0.2) is 47.5 Å². The number of aromatic nitrogens is 4. The lowest BCUT2D eigenvalue weighted by atomic mass is 9.96. The Morgan fingerprint density at radius 2 is 2.09 bits per heavy atom. The third-order valence-electron chi connectivity index (χ3n) is 6.59. The Bertz CT molecular complexity index is 1400. The summed E-state index contributed by atoms with van der Waals surface area (Å²) in [5.41, 5.74) is 3.35. The fourth-order valence-electron chi connectivity index (χ4n) is 4.74. The number of nitrogens with one attached hydrogen (secondary N) is 2. The van der Waals surface area contributed by atoms with Gasteiger partial charge in [0.25, 0.3) is 5.56 Å². The molecule has 9 heteroatoms. The van der Waals surface area contributed by atoms with Gasteiger partial charge < -0.3 is 15.2 Å². The quantitative estimate of drug-likeness (QED) is 0.442. The van der Waals surface area contributed by atoms with E-state index in [4.69, 9.17) is 11.6 Å². The summed E-state index contributed by atoms with van der Waals surface area (Å²) in [5.74, 6) is 0.447. The Balaban J connectivity index is 1.20. The topological polar surface area (TPSA) is 95.9 Å². The van der Waals surface area contributed by atoms with Gasteiger partial charge >= 0.3 is 0 Å². The van der Waals surface area contributed by atoms with Gasteiger partial charge in [0.2, 0.25) is 5.91 Å². The van der Waals surface area contributed by atoms with Crippen LogP contribution in [0.25, 0.3) is 22.1 Å². The van der Waals surface area contributed by atoms with Crippen molar-refractivity contribution in [2.45, 2.75) is 32.7 Å². The van der Waals surface area contributed by atoms with Gasteiger partial charge in [-0.3, -0.25) is 14.2 Å². The molecule has 0 spiro atoms. The van der Waals surface area contributed by atoms with Crippen LogP contribution in [0.5, 0.6) is 0 Å². The van der Waals surface area contributed by atoms with Gasteiger partial charge in [0.05, 0.1) is 0 Å². The van der Waals surface area contributed by atoms with E-state index in [1.54, 1.807) is 10.8 Å². The van der Waals surface area contributed by atoms with Crippen LogP contribution in [0.4, 0.5) is 5.82 Å².